The molecule has 1 aliphatic heterocycles. The maximum atomic E-state index is 14.3. The highest BCUT2D eigenvalue weighted by Crippen LogP contribution is 2.21. The van der Waals surface area contributed by atoms with Crippen LogP contribution < -0.4 is 0 Å². The Labute approximate surface area is 117 Å². The quantitative estimate of drug-likeness (QED) is 0.768. The number of likely N-dealkylation sites (tertiary alicyclic amines) is 1. The fourth-order valence-corrected chi connectivity index (χ4v) is 2.61. The molecule has 0 bridgehead atoms. The molecular weight excluding hydrogens is 243 g/mol. The van der Waals surface area contributed by atoms with E-state index in [1.54, 1.807) is 11.9 Å². The van der Waals surface area contributed by atoms with Crippen molar-refractivity contribution in [2.24, 2.45) is 11.8 Å². The zero-order valence-electron chi connectivity index (χ0n) is 13.0. The third-order valence-corrected chi connectivity index (χ3v) is 3.95. The highest BCUT2D eigenvalue weighted by molar-refractivity contribution is 5.78. The van der Waals surface area contributed by atoms with Crippen LogP contribution >= 0.6 is 0 Å². The maximum absolute atomic E-state index is 14.3. The molecule has 0 spiro atoms. The van der Waals surface area contributed by atoms with E-state index in [0.29, 0.717) is 12.5 Å². The van der Waals surface area contributed by atoms with Gasteiger partial charge >= 0.3 is 0 Å². The molecule has 0 aromatic rings. The van der Waals surface area contributed by atoms with E-state index < -0.39 is 6.17 Å². The molecule has 0 unspecified atom stereocenters. The highest BCUT2D eigenvalue weighted by Gasteiger charge is 2.34. The van der Waals surface area contributed by atoms with Crippen LogP contribution in [0.15, 0.2) is 0 Å². The molecule has 1 amide bonds. The Balaban J connectivity index is 2.47. The van der Waals surface area contributed by atoms with Crippen molar-refractivity contribution in [2.45, 2.75) is 52.8 Å². The monoisotopic (exact) mass is 272 g/mol. The van der Waals surface area contributed by atoms with E-state index in [9.17, 15) is 9.18 Å². The van der Waals surface area contributed by atoms with Crippen molar-refractivity contribution in [1.82, 2.24) is 9.80 Å². The van der Waals surface area contributed by atoms with Gasteiger partial charge in [0, 0.05) is 26.1 Å². The van der Waals surface area contributed by atoms with Crippen LogP contribution in [0, 0.1) is 11.8 Å². The van der Waals surface area contributed by atoms with Crippen LogP contribution in [-0.2, 0) is 4.79 Å². The van der Waals surface area contributed by atoms with Gasteiger partial charge in [0.2, 0.25) is 5.91 Å². The minimum Gasteiger partial charge on any atom is -0.340 e. The van der Waals surface area contributed by atoms with E-state index in [0.717, 1.165) is 25.9 Å². The van der Waals surface area contributed by atoms with Crippen LogP contribution in [0.5, 0.6) is 0 Å². The summed E-state index contributed by atoms with van der Waals surface area (Å²) in [6, 6.07) is -0.245. The van der Waals surface area contributed by atoms with Gasteiger partial charge in [0.15, 0.2) is 0 Å². The SMILES string of the molecule is CC(C)CCN1CC[C@@H](N(C)C(=O)C(C)C)[C@@H](F)C1. The van der Waals surface area contributed by atoms with Gasteiger partial charge in [-0.3, -0.25) is 4.79 Å². The number of hydrogen-bond acceptors (Lipinski definition) is 2. The summed E-state index contributed by atoms with van der Waals surface area (Å²) in [6.45, 7) is 10.4. The van der Waals surface area contributed by atoms with Crippen molar-refractivity contribution in [3.63, 3.8) is 0 Å². The van der Waals surface area contributed by atoms with Gasteiger partial charge in [-0.25, -0.2) is 4.39 Å². The molecule has 112 valence electrons. The van der Waals surface area contributed by atoms with Gasteiger partial charge in [-0.05, 0) is 25.3 Å². The Kier molecular flexibility index (Phi) is 6.24. The number of piperidine rings is 1. The molecule has 1 rings (SSSR count). The first kappa shape index (κ1) is 16.4. The second kappa shape index (κ2) is 7.22. The molecule has 1 heterocycles. The second-order valence-corrected chi connectivity index (χ2v) is 6.46. The lowest BCUT2D eigenvalue weighted by Crippen LogP contribution is -2.53. The summed E-state index contributed by atoms with van der Waals surface area (Å²) < 4.78 is 14.3. The fraction of sp³-hybridized carbons (Fsp3) is 0.933. The molecule has 1 saturated heterocycles. The zero-order valence-corrected chi connectivity index (χ0v) is 13.0. The zero-order chi connectivity index (χ0) is 14.6. The van der Waals surface area contributed by atoms with Crippen molar-refractivity contribution < 1.29 is 9.18 Å². The topological polar surface area (TPSA) is 23.6 Å². The Morgan fingerprint density at radius 1 is 1.37 bits per heavy atom. The summed E-state index contributed by atoms with van der Waals surface area (Å²) in [5, 5.41) is 0. The standard InChI is InChI=1S/C15H29FN2O/c1-11(2)6-8-18-9-7-14(13(16)10-18)17(5)15(19)12(3)4/h11-14H,6-10H2,1-5H3/t13-,14+/m0/s1. The number of carbonyl (C=O) groups excluding carboxylic acids is 1. The number of hydrogen-bond donors (Lipinski definition) is 0. The van der Waals surface area contributed by atoms with Crippen LogP contribution in [0.25, 0.3) is 0 Å². The van der Waals surface area contributed by atoms with Gasteiger partial charge < -0.3 is 9.80 Å². The van der Waals surface area contributed by atoms with E-state index in [2.05, 4.69) is 18.7 Å². The van der Waals surface area contributed by atoms with Crippen molar-refractivity contribution in [3.8, 4) is 0 Å². The number of halogens is 1. The molecular formula is C15H29FN2O. The van der Waals surface area contributed by atoms with E-state index >= 15 is 0 Å². The number of rotatable bonds is 5. The summed E-state index contributed by atoms with van der Waals surface area (Å²) >= 11 is 0. The second-order valence-electron chi connectivity index (χ2n) is 6.46. The van der Waals surface area contributed by atoms with Crippen molar-refractivity contribution in [1.29, 1.82) is 0 Å². The molecule has 0 N–H and O–H groups in total. The van der Waals surface area contributed by atoms with E-state index in [1.807, 2.05) is 13.8 Å². The number of amides is 1. The third kappa shape index (κ3) is 4.75. The fourth-order valence-electron chi connectivity index (χ4n) is 2.61. The molecule has 0 aromatic carbocycles. The van der Waals surface area contributed by atoms with Gasteiger partial charge in [0.1, 0.15) is 6.17 Å². The predicted molar refractivity (Wildman–Crippen MR) is 76.8 cm³/mol. The molecule has 0 radical (unpaired) electrons. The van der Waals surface area contributed by atoms with Crippen molar-refractivity contribution in [2.75, 3.05) is 26.7 Å². The van der Waals surface area contributed by atoms with Gasteiger partial charge in [-0.15, -0.1) is 0 Å². The lowest BCUT2D eigenvalue weighted by molar-refractivity contribution is -0.138. The van der Waals surface area contributed by atoms with Crippen LogP contribution in [0.1, 0.15) is 40.5 Å². The normalized spacial score (nSPS) is 25.1. The molecule has 0 aromatic heterocycles. The lowest BCUT2D eigenvalue weighted by atomic mass is 9.99. The lowest BCUT2D eigenvalue weighted by Gasteiger charge is -2.39. The summed E-state index contributed by atoms with van der Waals surface area (Å²) in [5.41, 5.74) is 0. The molecule has 2 atom stereocenters. The average molecular weight is 272 g/mol. The first-order valence-corrected chi connectivity index (χ1v) is 7.46. The van der Waals surface area contributed by atoms with E-state index in [1.165, 1.54) is 0 Å². The maximum Gasteiger partial charge on any atom is 0.225 e. The van der Waals surface area contributed by atoms with Gasteiger partial charge in [-0.2, -0.15) is 0 Å². The summed E-state index contributed by atoms with van der Waals surface area (Å²) in [4.78, 5) is 15.7. The molecule has 1 fully saturated rings. The summed E-state index contributed by atoms with van der Waals surface area (Å²) in [7, 11) is 1.74. The van der Waals surface area contributed by atoms with Crippen molar-refractivity contribution >= 4 is 5.91 Å². The Morgan fingerprint density at radius 2 is 2.00 bits per heavy atom. The summed E-state index contributed by atoms with van der Waals surface area (Å²) in [6.07, 6.45) is 0.931. The van der Waals surface area contributed by atoms with Crippen molar-refractivity contribution in [3.05, 3.63) is 0 Å². The largest absolute Gasteiger partial charge is 0.340 e. The summed E-state index contributed by atoms with van der Waals surface area (Å²) in [5.74, 6) is 0.639. The molecule has 0 saturated carbocycles. The van der Waals surface area contributed by atoms with E-state index in [-0.39, 0.29) is 17.9 Å². The molecule has 1 aliphatic rings. The molecule has 19 heavy (non-hydrogen) atoms. The smallest absolute Gasteiger partial charge is 0.225 e. The minimum absolute atomic E-state index is 0.0447. The number of carbonyl (C=O) groups is 1. The molecule has 4 heteroatoms. The van der Waals surface area contributed by atoms with Gasteiger partial charge in [0.05, 0.1) is 6.04 Å². The predicted octanol–water partition coefficient (Wildman–Crippen LogP) is 2.56. The Bertz CT molecular complexity index is 294. The van der Waals surface area contributed by atoms with Crippen LogP contribution in [0.3, 0.4) is 0 Å². The third-order valence-electron chi connectivity index (χ3n) is 3.95. The molecule has 0 aliphatic carbocycles. The average Bonchev–Trinajstić information content (AvgIpc) is 2.34. The Morgan fingerprint density at radius 3 is 2.47 bits per heavy atom. The minimum atomic E-state index is -0.923. The first-order valence-electron chi connectivity index (χ1n) is 7.46. The molecule has 3 nitrogen and oxygen atoms in total. The van der Waals surface area contributed by atoms with Gasteiger partial charge in [0.25, 0.3) is 0 Å². The number of nitrogens with zero attached hydrogens (tertiary/aromatic N) is 2. The van der Waals surface area contributed by atoms with Crippen LogP contribution in [-0.4, -0.2) is 54.6 Å². The van der Waals surface area contributed by atoms with Crippen LogP contribution in [0.4, 0.5) is 4.39 Å². The highest BCUT2D eigenvalue weighted by atomic mass is 19.1. The van der Waals surface area contributed by atoms with E-state index in [4.69, 9.17) is 0 Å². The van der Waals surface area contributed by atoms with Crippen LogP contribution in [0.2, 0.25) is 0 Å². The number of alkyl halides is 1. The van der Waals surface area contributed by atoms with Gasteiger partial charge in [-0.1, -0.05) is 27.7 Å². The first-order chi connectivity index (χ1) is 8.82. The Hall–Kier alpha value is -0.640.